The molecule has 0 radical (unpaired) electrons. The molecular weight excluding hydrogens is 292 g/mol. The van der Waals surface area contributed by atoms with Gasteiger partial charge in [-0.05, 0) is 30.3 Å². The Morgan fingerprint density at radius 3 is 2.38 bits per heavy atom. The van der Waals surface area contributed by atoms with Crippen molar-refractivity contribution in [3.8, 4) is 0 Å². The molecule has 104 valence electrons. The number of hydrogen-bond acceptors (Lipinski definition) is 4. The molecule has 0 unspecified atom stereocenters. The van der Waals surface area contributed by atoms with Gasteiger partial charge in [0.1, 0.15) is 5.71 Å². The van der Waals surface area contributed by atoms with Gasteiger partial charge in [-0.15, -0.1) is 0 Å². The van der Waals surface area contributed by atoms with Crippen LogP contribution in [-0.2, 0) is 14.4 Å². The molecule has 2 aromatic rings. The first-order valence-electron chi connectivity index (χ1n) is 5.90. The number of hydrogen-bond donors (Lipinski definition) is 1. The highest BCUT2D eigenvalue weighted by Gasteiger charge is 2.25. The molecular formula is C15H9ClN2O3. The number of benzene rings is 2. The average molecular weight is 301 g/mol. The molecule has 0 saturated carbocycles. The minimum absolute atomic E-state index is 0.198. The van der Waals surface area contributed by atoms with Crippen LogP contribution in [0, 0.1) is 0 Å². The maximum Gasteiger partial charge on any atom is 0.373 e. The molecule has 1 heterocycles. The third-order valence-corrected chi connectivity index (χ3v) is 2.93. The van der Waals surface area contributed by atoms with Gasteiger partial charge in [0.2, 0.25) is 0 Å². The Morgan fingerprint density at radius 1 is 1.05 bits per heavy atom. The number of amides is 1. The first kappa shape index (κ1) is 14.7. The molecule has 1 aliphatic heterocycles. The van der Waals surface area contributed by atoms with Crippen molar-refractivity contribution in [2.24, 2.45) is 4.99 Å². The second-order valence-electron chi connectivity index (χ2n) is 4.02. The number of halogens is 1. The summed E-state index contributed by atoms with van der Waals surface area (Å²) in [5.74, 6) is -0.198. The Morgan fingerprint density at radius 2 is 1.71 bits per heavy atom. The molecule has 6 heteroatoms. The Balaban J connectivity index is 0.000000497. The van der Waals surface area contributed by atoms with Crippen LogP contribution < -0.4 is 5.32 Å². The lowest BCUT2D eigenvalue weighted by molar-refractivity contribution is -0.191. The number of fused-ring (bicyclic) bond motifs is 1. The second kappa shape index (κ2) is 6.61. The van der Waals surface area contributed by atoms with Gasteiger partial charge in [-0.1, -0.05) is 29.8 Å². The summed E-state index contributed by atoms with van der Waals surface area (Å²) in [4.78, 5) is 32.5. The fourth-order valence-corrected chi connectivity index (χ4v) is 2.04. The van der Waals surface area contributed by atoms with Crippen LogP contribution in [0.3, 0.4) is 0 Å². The minimum atomic E-state index is -0.198. The van der Waals surface area contributed by atoms with Gasteiger partial charge in [-0.3, -0.25) is 4.79 Å². The summed E-state index contributed by atoms with van der Waals surface area (Å²) in [7, 11) is 0. The van der Waals surface area contributed by atoms with E-state index in [-0.39, 0.29) is 12.1 Å². The zero-order valence-electron chi connectivity index (χ0n) is 10.7. The fraction of sp³-hybridized carbons (Fsp3) is 0. The smallest absolute Gasteiger partial charge is 0.320 e. The maximum absolute atomic E-state index is 11.9. The lowest BCUT2D eigenvalue weighted by Gasteiger charge is -1.98. The Kier molecular flexibility index (Phi) is 4.61. The standard InChI is InChI=1S/C14H9ClN2O.CO2/c15-9-6-7-12-11(8-9)13(14(18)17-12)16-10-4-2-1-3-5-10;2-1-3/h1-8H,(H,16,17,18);. The van der Waals surface area contributed by atoms with Gasteiger partial charge in [0, 0.05) is 10.6 Å². The Hall–Kier alpha value is -2.75. The summed E-state index contributed by atoms with van der Waals surface area (Å²) >= 11 is 5.95. The molecule has 0 saturated heterocycles. The largest absolute Gasteiger partial charge is 0.373 e. The van der Waals surface area contributed by atoms with E-state index in [9.17, 15) is 4.79 Å². The lowest BCUT2D eigenvalue weighted by Crippen LogP contribution is -2.13. The normalized spacial score (nSPS) is 13.8. The maximum atomic E-state index is 11.9. The summed E-state index contributed by atoms with van der Waals surface area (Å²) in [6.07, 6.45) is 0.250. The average Bonchev–Trinajstić information content (AvgIpc) is 2.77. The molecule has 1 N–H and O–H groups in total. The van der Waals surface area contributed by atoms with Crippen LogP contribution in [0.2, 0.25) is 5.02 Å². The van der Waals surface area contributed by atoms with E-state index in [1.807, 2.05) is 30.3 Å². The van der Waals surface area contributed by atoms with Gasteiger partial charge in [0.15, 0.2) is 0 Å². The fourth-order valence-electron chi connectivity index (χ4n) is 1.87. The van der Waals surface area contributed by atoms with E-state index >= 15 is 0 Å². The third kappa shape index (κ3) is 3.42. The van der Waals surface area contributed by atoms with Crippen LogP contribution in [0.25, 0.3) is 0 Å². The van der Waals surface area contributed by atoms with Crippen LogP contribution in [0.5, 0.6) is 0 Å². The molecule has 1 aliphatic rings. The molecule has 0 fully saturated rings. The first-order chi connectivity index (χ1) is 10.2. The topological polar surface area (TPSA) is 75.6 Å². The molecule has 2 aromatic carbocycles. The zero-order chi connectivity index (χ0) is 15.2. The summed E-state index contributed by atoms with van der Waals surface area (Å²) < 4.78 is 0. The van der Waals surface area contributed by atoms with E-state index in [0.29, 0.717) is 10.7 Å². The van der Waals surface area contributed by atoms with Crippen LogP contribution in [0.15, 0.2) is 53.5 Å². The Bertz CT molecular complexity index is 736. The van der Waals surface area contributed by atoms with Crippen molar-refractivity contribution < 1.29 is 14.4 Å². The predicted molar refractivity (Wildman–Crippen MR) is 77.7 cm³/mol. The van der Waals surface area contributed by atoms with E-state index in [0.717, 1.165) is 16.9 Å². The molecule has 3 rings (SSSR count). The number of carbonyl (C=O) groups is 1. The quantitative estimate of drug-likeness (QED) is 0.880. The van der Waals surface area contributed by atoms with Gasteiger partial charge < -0.3 is 5.32 Å². The van der Waals surface area contributed by atoms with Gasteiger partial charge >= 0.3 is 6.15 Å². The van der Waals surface area contributed by atoms with Crippen molar-refractivity contribution >= 4 is 40.7 Å². The first-order valence-corrected chi connectivity index (χ1v) is 6.28. The molecule has 0 aromatic heterocycles. The van der Waals surface area contributed by atoms with Crippen molar-refractivity contribution in [3.05, 3.63) is 59.1 Å². The van der Waals surface area contributed by atoms with Gasteiger partial charge in [0.25, 0.3) is 5.91 Å². The molecule has 0 spiro atoms. The number of carbonyl (C=O) groups excluding carboxylic acids is 3. The van der Waals surface area contributed by atoms with E-state index in [1.54, 1.807) is 18.2 Å². The van der Waals surface area contributed by atoms with Crippen LogP contribution >= 0.6 is 11.6 Å². The molecule has 5 nitrogen and oxygen atoms in total. The third-order valence-electron chi connectivity index (χ3n) is 2.70. The molecule has 0 bridgehead atoms. The van der Waals surface area contributed by atoms with Crippen LogP contribution in [0.4, 0.5) is 11.4 Å². The van der Waals surface area contributed by atoms with Crippen molar-refractivity contribution in [3.63, 3.8) is 0 Å². The number of aliphatic imine (C=N–C) groups is 1. The number of nitrogens with zero attached hydrogens (tertiary/aromatic N) is 1. The highest BCUT2D eigenvalue weighted by atomic mass is 35.5. The molecule has 1 amide bonds. The number of nitrogens with one attached hydrogen (secondary N) is 1. The summed E-state index contributed by atoms with van der Waals surface area (Å²) in [6, 6.07) is 14.6. The molecule has 0 atom stereocenters. The predicted octanol–water partition coefficient (Wildman–Crippen LogP) is 2.83. The van der Waals surface area contributed by atoms with E-state index in [1.165, 1.54) is 0 Å². The molecule has 21 heavy (non-hydrogen) atoms. The minimum Gasteiger partial charge on any atom is -0.320 e. The Labute approximate surface area is 125 Å². The monoisotopic (exact) mass is 300 g/mol. The van der Waals surface area contributed by atoms with E-state index in [4.69, 9.17) is 21.2 Å². The van der Waals surface area contributed by atoms with Crippen molar-refractivity contribution in [1.82, 2.24) is 0 Å². The van der Waals surface area contributed by atoms with Gasteiger partial charge in [-0.25, -0.2) is 4.99 Å². The molecule has 0 aliphatic carbocycles. The van der Waals surface area contributed by atoms with Gasteiger partial charge in [-0.2, -0.15) is 9.59 Å². The SMILES string of the molecule is O=C1Nc2ccc(Cl)cc2C1=Nc1ccccc1.O=C=O. The van der Waals surface area contributed by atoms with Gasteiger partial charge in [0.05, 0.1) is 11.4 Å². The van der Waals surface area contributed by atoms with E-state index < -0.39 is 0 Å². The van der Waals surface area contributed by atoms with Crippen molar-refractivity contribution in [1.29, 1.82) is 0 Å². The number of rotatable bonds is 1. The zero-order valence-corrected chi connectivity index (χ0v) is 11.4. The number of anilines is 1. The van der Waals surface area contributed by atoms with Crippen molar-refractivity contribution in [2.75, 3.05) is 5.32 Å². The number of para-hydroxylation sites is 1. The highest BCUT2D eigenvalue weighted by Crippen LogP contribution is 2.28. The summed E-state index contributed by atoms with van der Waals surface area (Å²) in [6.45, 7) is 0. The van der Waals surface area contributed by atoms with Crippen LogP contribution in [-0.4, -0.2) is 17.8 Å². The lowest BCUT2D eigenvalue weighted by atomic mass is 10.1. The van der Waals surface area contributed by atoms with Crippen LogP contribution in [0.1, 0.15) is 5.56 Å². The van der Waals surface area contributed by atoms with E-state index in [2.05, 4.69) is 10.3 Å². The summed E-state index contributed by atoms with van der Waals surface area (Å²) in [5, 5.41) is 3.36. The second-order valence-corrected chi connectivity index (χ2v) is 4.46. The highest BCUT2D eigenvalue weighted by molar-refractivity contribution is 6.54. The summed E-state index contributed by atoms with van der Waals surface area (Å²) in [5.41, 5.74) is 2.64. The van der Waals surface area contributed by atoms with Crippen molar-refractivity contribution in [2.45, 2.75) is 0 Å².